The van der Waals surface area contributed by atoms with Crippen LogP contribution in [0, 0.1) is 5.92 Å². The Bertz CT molecular complexity index is 236. The van der Waals surface area contributed by atoms with Gasteiger partial charge >= 0.3 is 0 Å². The van der Waals surface area contributed by atoms with Crippen LogP contribution in [0.5, 0.6) is 0 Å². The zero-order valence-electron chi connectivity index (χ0n) is 13.6. The minimum atomic E-state index is 0.691. The second-order valence-electron chi connectivity index (χ2n) is 5.75. The van der Waals surface area contributed by atoms with Crippen molar-refractivity contribution in [2.24, 2.45) is 5.92 Å². The van der Waals surface area contributed by atoms with Crippen LogP contribution < -0.4 is 5.32 Å². The Balaban J connectivity index is 0.00000172. The van der Waals surface area contributed by atoms with Gasteiger partial charge in [0.25, 0.3) is 0 Å². The molecule has 1 aliphatic carbocycles. The number of allylic oxidation sites excluding steroid dienone is 3. The highest BCUT2D eigenvalue weighted by Crippen LogP contribution is 2.26. The van der Waals surface area contributed by atoms with Crippen LogP contribution in [-0.2, 0) is 0 Å². The number of rotatable bonds is 8. The molecule has 0 spiro atoms. The monoisotopic (exact) mass is 277 g/mol. The molecule has 0 saturated heterocycles. The molecule has 1 atom stereocenters. The Morgan fingerprint density at radius 1 is 1.15 bits per heavy atom. The first kappa shape index (κ1) is 19.2. The van der Waals surface area contributed by atoms with Crippen LogP contribution in [0.2, 0.25) is 0 Å². The fraction of sp³-hybridized carbons (Fsp3) is 0.684. The highest BCUT2D eigenvalue weighted by atomic mass is 14.9. The Hall–Kier alpha value is -0.820. The number of nitrogens with one attached hydrogen (secondary N) is 1. The topological polar surface area (TPSA) is 12.0 Å². The molecule has 0 aromatic rings. The third kappa shape index (κ3) is 11.0. The van der Waals surface area contributed by atoms with Gasteiger partial charge in [-0.15, -0.1) is 13.2 Å². The summed E-state index contributed by atoms with van der Waals surface area (Å²) in [5, 5.41) is 3.67. The summed E-state index contributed by atoms with van der Waals surface area (Å²) in [7, 11) is 0. The van der Waals surface area contributed by atoms with Crippen LogP contribution in [0.25, 0.3) is 0 Å². The van der Waals surface area contributed by atoms with E-state index in [1.807, 2.05) is 12.2 Å². The quantitative estimate of drug-likeness (QED) is 0.262. The van der Waals surface area contributed by atoms with E-state index in [9.17, 15) is 0 Å². The van der Waals surface area contributed by atoms with Gasteiger partial charge in [-0.1, -0.05) is 63.3 Å². The van der Waals surface area contributed by atoms with Crippen molar-refractivity contribution in [3.8, 4) is 0 Å². The molecule has 0 aromatic heterocycles. The lowest BCUT2D eigenvalue weighted by Crippen LogP contribution is -2.29. The van der Waals surface area contributed by atoms with Gasteiger partial charge in [0.15, 0.2) is 0 Å². The van der Waals surface area contributed by atoms with Crippen LogP contribution in [0.4, 0.5) is 0 Å². The van der Waals surface area contributed by atoms with Gasteiger partial charge in [-0.3, -0.25) is 0 Å². The first-order chi connectivity index (χ1) is 9.83. The summed E-state index contributed by atoms with van der Waals surface area (Å²) in [5.74, 6) is 0.982. The third-order valence-corrected chi connectivity index (χ3v) is 3.97. The van der Waals surface area contributed by atoms with Gasteiger partial charge in [0.05, 0.1) is 0 Å². The maximum Gasteiger partial charge on any atom is 0.00413 e. The summed E-state index contributed by atoms with van der Waals surface area (Å²) < 4.78 is 0. The van der Waals surface area contributed by atoms with Crippen molar-refractivity contribution in [1.82, 2.24) is 5.32 Å². The van der Waals surface area contributed by atoms with Crippen molar-refractivity contribution in [3.05, 3.63) is 38.0 Å². The van der Waals surface area contributed by atoms with E-state index in [0.29, 0.717) is 6.04 Å². The smallest absolute Gasteiger partial charge is 0.00413 e. The summed E-state index contributed by atoms with van der Waals surface area (Å²) in [4.78, 5) is 0. The molecule has 0 aliphatic heterocycles. The molecule has 0 amide bonds. The van der Waals surface area contributed by atoms with E-state index in [1.54, 1.807) is 0 Å². The Kier molecular flexibility index (Phi) is 14.0. The second kappa shape index (κ2) is 14.6. The largest absolute Gasteiger partial charge is 0.314 e. The molecule has 0 heterocycles. The minimum absolute atomic E-state index is 0.691. The van der Waals surface area contributed by atoms with Crippen LogP contribution in [0.1, 0.15) is 64.7 Å². The Morgan fingerprint density at radius 2 is 1.80 bits per heavy atom. The van der Waals surface area contributed by atoms with Crippen LogP contribution >= 0.6 is 0 Å². The molecular weight excluding hydrogens is 242 g/mol. The molecule has 1 saturated carbocycles. The molecule has 1 fully saturated rings. The predicted molar refractivity (Wildman–Crippen MR) is 93.1 cm³/mol. The fourth-order valence-corrected chi connectivity index (χ4v) is 2.94. The van der Waals surface area contributed by atoms with E-state index in [4.69, 9.17) is 0 Å². The number of hydrogen-bond donors (Lipinski definition) is 1. The standard InChI is InChI=1S/C17H31N.C2H4/c1-3-4-5-8-11-14-18-16(2)15-17-12-9-6-7-10-13-17;1-2/h3-5,16-18H,1,6-15H2,2H3;1-2H2/b5-4+;. The summed E-state index contributed by atoms with van der Waals surface area (Å²) >= 11 is 0. The SMILES string of the molecule is C=C.C=C/C=C/CCCNC(C)CC1CCCCCC1. The normalized spacial score (nSPS) is 18.1. The van der Waals surface area contributed by atoms with E-state index in [-0.39, 0.29) is 0 Å². The average Bonchev–Trinajstić information content (AvgIpc) is 2.73. The highest BCUT2D eigenvalue weighted by molar-refractivity contribution is 4.96. The molecular formula is C19H35N. The molecule has 1 aliphatic rings. The summed E-state index contributed by atoms with van der Waals surface area (Å²) in [6.07, 6.45) is 18.6. The molecule has 0 radical (unpaired) electrons. The van der Waals surface area contributed by atoms with E-state index in [0.717, 1.165) is 18.9 Å². The summed E-state index contributed by atoms with van der Waals surface area (Å²) in [6.45, 7) is 13.2. The number of unbranched alkanes of at least 4 members (excludes halogenated alkanes) is 1. The molecule has 1 N–H and O–H groups in total. The summed E-state index contributed by atoms with van der Waals surface area (Å²) in [5.41, 5.74) is 0. The first-order valence-corrected chi connectivity index (χ1v) is 8.34. The molecule has 0 bridgehead atoms. The van der Waals surface area contributed by atoms with Gasteiger partial charge in [0.1, 0.15) is 0 Å². The first-order valence-electron chi connectivity index (χ1n) is 8.34. The average molecular weight is 277 g/mol. The second-order valence-corrected chi connectivity index (χ2v) is 5.75. The molecule has 116 valence electrons. The van der Waals surface area contributed by atoms with E-state index in [2.05, 4.69) is 38.1 Å². The molecule has 1 heteroatoms. The van der Waals surface area contributed by atoms with Crippen LogP contribution in [-0.4, -0.2) is 12.6 Å². The number of hydrogen-bond acceptors (Lipinski definition) is 1. The lowest BCUT2D eigenvalue weighted by atomic mass is 9.93. The van der Waals surface area contributed by atoms with Crippen molar-refractivity contribution >= 4 is 0 Å². The van der Waals surface area contributed by atoms with Gasteiger partial charge in [-0.25, -0.2) is 0 Å². The van der Waals surface area contributed by atoms with Gasteiger partial charge in [0, 0.05) is 6.04 Å². The van der Waals surface area contributed by atoms with Gasteiger partial charge in [-0.2, -0.15) is 0 Å². The zero-order valence-corrected chi connectivity index (χ0v) is 13.6. The van der Waals surface area contributed by atoms with E-state index < -0.39 is 0 Å². The lowest BCUT2D eigenvalue weighted by molar-refractivity contribution is 0.364. The maximum absolute atomic E-state index is 3.68. The van der Waals surface area contributed by atoms with Crippen molar-refractivity contribution in [2.45, 2.75) is 70.8 Å². The molecule has 1 unspecified atom stereocenters. The third-order valence-electron chi connectivity index (χ3n) is 3.97. The van der Waals surface area contributed by atoms with Crippen molar-refractivity contribution < 1.29 is 0 Å². The van der Waals surface area contributed by atoms with Gasteiger partial charge in [0.2, 0.25) is 0 Å². The zero-order chi connectivity index (χ0) is 15.1. The fourth-order valence-electron chi connectivity index (χ4n) is 2.94. The molecule has 0 aromatic carbocycles. The van der Waals surface area contributed by atoms with Crippen LogP contribution in [0.15, 0.2) is 38.0 Å². The van der Waals surface area contributed by atoms with Crippen molar-refractivity contribution in [2.75, 3.05) is 6.54 Å². The summed E-state index contributed by atoms with van der Waals surface area (Å²) in [6, 6.07) is 0.691. The van der Waals surface area contributed by atoms with Gasteiger partial charge in [-0.05, 0) is 38.6 Å². The Labute approximate surface area is 127 Å². The lowest BCUT2D eigenvalue weighted by Gasteiger charge is -2.20. The Morgan fingerprint density at radius 3 is 2.40 bits per heavy atom. The van der Waals surface area contributed by atoms with Crippen molar-refractivity contribution in [1.29, 1.82) is 0 Å². The molecule has 20 heavy (non-hydrogen) atoms. The highest BCUT2D eigenvalue weighted by Gasteiger charge is 2.14. The predicted octanol–water partition coefficient (Wildman–Crippen LogP) is 5.65. The molecule has 1 nitrogen and oxygen atoms in total. The van der Waals surface area contributed by atoms with E-state index >= 15 is 0 Å². The molecule has 1 rings (SSSR count). The van der Waals surface area contributed by atoms with E-state index in [1.165, 1.54) is 51.4 Å². The van der Waals surface area contributed by atoms with Crippen LogP contribution in [0.3, 0.4) is 0 Å². The van der Waals surface area contributed by atoms with Crippen molar-refractivity contribution in [3.63, 3.8) is 0 Å². The minimum Gasteiger partial charge on any atom is -0.314 e. The maximum atomic E-state index is 3.68. The van der Waals surface area contributed by atoms with Gasteiger partial charge < -0.3 is 5.32 Å².